The molecule has 1 heterocycles. The van der Waals surface area contributed by atoms with Gasteiger partial charge >= 0.3 is 0 Å². The molecule has 104 valence electrons. The lowest BCUT2D eigenvalue weighted by Crippen LogP contribution is -2.28. The molecule has 0 saturated heterocycles. The summed E-state index contributed by atoms with van der Waals surface area (Å²) in [5, 5.41) is 11.7. The van der Waals surface area contributed by atoms with Crippen molar-refractivity contribution >= 4 is 16.9 Å². The van der Waals surface area contributed by atoms with Crippen molar-refractivity contribution in [2.75, 3.05) is 0 Å². The fourth-order valence-corrected chi connectivity index (χ4v) is 2.37. The molecule has 5 heteroatoms. The molecule has 0 fully saturated rings. The highest BCUT2D eigenvalue weighted by Crippen LogP contribution is 2.16. The van der Waals surface area contributed by atoms with Gasteiger partial charge in [-0.15, -0.1) is 0 Å². The maximum absolute atomic E-state index is 12.6. The van der Waals surface area contributed by atoms with E-state index in [1.807, 2.05) is 0 Å². The Labute approximate surface area is 120 Å². The third-order valence-corrected chi connectivity index (χ3v) is 3.31. The number of aryl methyl sites for hydroxylation is 1. The average molecular weight is 279 g/mol. The summed E-state index contributed by atoms with van der Waals surface area (Å²) in [6.07, 6.45) is 0. The first kappa shape index (κ1) is 13.1. The molecule has 0 aliphatic carbocycles. The zero-order chi connectivity index (χ0) is 15.0. The van der Waals surface area contributed by atoms with E-state index in [1.54, 1.807) is 49.4 Å². The van der Waals surface area contributed by atoms with Gasteiger partial charge in [-0.05, 0) is 25.1 Å². The van der Waals surface area contributed by atoms with Gasteiger partial charge in [-0.2, -0.15) is 0 Å². The lowest BCUT2D eigenvalue weighted by Gasteiger charge is -2.15. The van der Waals surface area contributed by atoms with Crippen LogP contribution in [-0.2, 0) is 0 Å². The van der Waals surface area contributed by atoms with Crippen molar-refractivity contribution in [3.63, 3.8) is 0 Å². The molecule has 2 aromatic carbocycles. The van der Waals surface area contributed by atoms with Crippen molar-refractivity contribution in [3.8, 4) is 5.69 Å². The number of carbonyl (C=O) groups is 1. The number of rotatable bonds is 2. The quantitative estimate of drug-likeness (QED) is 0.703. The van der Waals surface area contributed by atoms with Crippen molar-refractivity contribution in [1.29, 1.82) is 0 Å². The summed E-state index contributed by atoms with van der Waals surface area (Å²) in [4.78, 5) is 28.2. The molecule has 21 heavy (non-hydrogen) atoms. The number of hydrogen-bond acceptors (Lipinski definition) is 4. The Kier molecular flexibility index (Phi) is 3.02. The van der Waals surface area contributed by atoms with Crippen LogP contribution in [-0.4, -0.2) is 15.5 Å². The van der Waals surface area contributed by atoms with E-state index in [-0.39, 0.29) is 16.8 Å². The molecule has 0 saturated carbocycles. The molecule has 5 nitrogen and oxygen atoms in total. The Bertz CT molecular complexity index is 913. The summed E-state index contributed by atoms with van der Waals surface area (Å²) in [6.45, 7) is 1.67. The lowest BCUT2D eigenvalue weighted by molar-refractivity contribution is -0.255. The molecule has 0 amide bonds. The minimum Gasteiger partial charge on any atom is -0.545 e. The van der Waals surface area contributed by atoms with Crippen LogP contribution in [0.3, 0.4) is 0 Å². The third kappa shape index (κ3) is 2.08. The van der Waals surface area contributed by atoms with Gasteiger partial charge in [-0.1, -0.05) is 30.3 Å². The molecule has 0 radical (unpaired) electrons. The van der Waals surface area contributed by atoms with Crippen LogP contribution in [0.15, 0.2) is 53.3 Å². The van der Waals surface area contributed by atoms with Crippen LogP contribution in [0.2, 0.25) is 0 Å². The van der Waals surface area contributed by atoms with Crippen molar-refractivity contribution in [3.05, 3.63) is 70.3 Å². The number of carboxylic acids is 1. The second kappa shape index (κ2) is 4.86. The number of aromatic nitrogens is 2. The fourth-order valence-electron chi connectivity index (χ4n) is 2.37. The summed E-state index contributed by atoms with van der Waals surface area (Å²) >= 11 is 0. The Morgan fingerprint density at radius 2 is 1.76 bits per heavy atom. The van der Waals surface area contributed by atoms with Gasteiger partial charge in [-0.3, -0.25) is 9.36 Å². The fraction of sp³-hybridized carbons (Fsp3) is 0.0625. The normalized spacial score (nSPS) is 10.7. The van der Waals surface area contributed by atoms with Crippen LogP contribution in [0.5, 0.6) is 0 Å². The van der Waals surface area contributed by atoms with Crippen LogP contribution >= 0.6 is 0 Å². The minimum absolute atomic E-state index is 0.0419. The highest BCUT2D eigenvalue weighted by Gasteiger charge is 2.12. The predicted octanol–water partition coefficient (Wildman–Crippen LogP) is 1.06. The topological polar surface area (TPSA) is 75.0 Å². The molecule has 0 bridgehead atoms. The number of carbonyl (C=O) groups excluding carboxylic acids is 1. The van der Waals surface area contributed by atoms with Crippen LogP contribution in [0.1, 0.15) is 16.2 Å². The maximum atomic E-state index is 12.6. The first-order valence-electron chi connectivity index (χ1n) is 6.39. The molecule has 3 rings (SSSR count). The van der Waals surface area contributed by atoms with Gasteiger partial charge in [0.15, 0.2) is 0 Å². The Morgan fingerprint density at radius 3 is 2.52 bits per heavy atom. The molecule has 0 aliphatic heterocycles. The SMILES string of the molecule is Cc1nc2ccccc2c(=O)n1-c1ccccc1C(=O)[O-]. The summed E-state index contributed by atoms with van der Waals surface area (Å²) < 4.78 is 1.30. The van der Waals surface area contributed by atoms with Crippen LogP contribution in [0.25, 0.3) is 16.6 Å². The largest absolute Gasteiger partial charge is 0.545 e. The van der Waals surface area contributed by atoms with Crippen molar-refractivity contribution in [1.82, 2.24) is 9.55 Å². The Hall–Kier alpha value is -2.95. The van der Waals surface area contributed by atoms with Gasteiger partial charge in [0, 0.05) is 5.56 Å². The Morgan fingerprint density at radius 1 is 1.10 bits per heavy atom. The van der Waals surface area contributed by atoms with E-state index in [0.717, 1.165) is 0 Å². The van der Waals surface area contributed by atoms with E-state index in [2.05, 4.69) is 4.98 Å². The zero-order valence-corrected chi connectivity index (χ0v) is 11.2. The summed E-state index contributed by atoms with van der Waals surface area (Å²) in [6, 6.07) is 13.2. The molecule has 1 aromatic heterocycles. The zero-order valence-electron chi connectivity index (χ0n) is 11.2. The molecule has 0 atom stereocenters. The van der Waals surface area contributed by atoms with E-state index in [9.17, 15) is 14.7 Å². The van der Waals surface area contributed by atoms with Gasteiger partial charge < -0.3 is 9.90 Å². The number of hydrogen-bond donors (Lipinski definition) is 0. The standard InChI is InChI=1S/C16H12N2O3/c1-10-17-13-8-4-2-6-11(13)15(19)18(10)14-9-5-3-7-12(14)16(20)21/h2-9H,1H3,(H,20,21)/p-1. The van der Waals surface area contributed by atoms with Crippen LogP contribution in [0, 0.1) is 6.92 Å². The number of carboxylic acid groups (broad SMARTS) is 1. The van der Waals surface area contributed by atoms with E-state index < -0.39 is 5.97 Å². The van der Waals surface area contributed by atoms with Crippen LogP contribution in [0.4, 0.5) is 0 Å². The molecular weight excluding hydrogens is 268 g/mol. The molecule has 0 spiro atoms. The predicted molar refractivity (Wildman–Crippen MR) is 76.4 cm³/mol. The lowest BCUT2D eigenvalue weighted by atomic mass is 10.1. The van der Waals surface area contributed by atoms with E-state index in [1.165, 1.54) is 10.6 Å². The summed E-state index contributed by atoms with van der Waals surface area (Å²) in [5.74, 6) is -0.905. The number of nitrogens with zero attached hydrogens (tertiary/aromatic N) is 2. The average Bonchev–Trinajstić information content (AvgIpc) is 2.47. The van der Waals surface area contributed by atoms with Crippen molar-refractivity contribution < 1.29 is 9.90 Å². The number of aromatic carboxylic acids is 1. The van der Waals surface area contributed by atoms with Gasteiger partial charge in [0.25, 0.3) is 5.56 Å². The van der Waals surface area contributed by atoms with Crippen molar-refractivity contribution in [2.45, 2.75) is 6.92 Å². The molecule has 0 unspecified atom stereocenters. The van der Waals surface area contributed by atoms with Crippen LogP contribution < -0.4 is 10.7 Å². The van der Waals surface area contributed by atoms with Gasteiger partial charge in [0.05, 0.1) is 22.6 Å². The van der Waals surface area contributed by atoms with Gasteiger partial charge in [0.1, 0.15) is 5.82 Å². The van der Waals surface area contributed by atoms with E-state index in [4.69, 9.17) is 0 Å². The molecular formula is C16H11N2O3-. The maximum Gasteiger partial charge on any atom is 0.265 e. The first-order chi connectivity index (χ1) is 10.1. The monoisotopic (exact) mass is 279 g/mol. The molecule has 0 N–H and O–H groups in total. The van der Waals surface area contributed by atoms with E-state index >= 15 is 0 Å². The second-order valence-corrected chi connectivity index (χ2v) is 4.62. The summed E-state index contributed by atoms with van der Waals surface area (Å²) in [5.41, 5.74) is 0.506. The van der Waals surface area contributed by atoms with Gasteiger partial charge in [0.2, 0.25) is 0 Å². The first-order valence-corrected chi connectivity index (χ1v) is 6.39. The smallest absolute Gasteiger partial charge is 0.265 e. The number of benzene rings is 2. The number of fused-ring (bicyclic) bond motifs is 1. The highest BCUT2D eigenvalue weighted by molar-refractivity contribution is 5.90. The van der Waals surface area contributed by atoms with E-state index in [0.29, 0.717) is 16.7 Å². The highest BCUT2D eigenvalue weighted by atomic mass is 16.4. The molecule has 3 aromatic rings. The number of para-hydroxylation sites is 2. The third-order valence-electron chi connectivity index (χ3n) is 3.31. The summed E-state index contributed by atoms with van der Waals surface area (Å²) in [7, 11) is 0. The molecule has 0 aliphatic rings. The van der Waals surface area contributed by atoms with Gasteiger partial charge in [-0.25, -0.2) is 4.98 Å². The second-order valence-electron chi connectivity index (χ2n) is 4.62. The minimum atomic E-state index is -1.33. The van der Waals surface area contributed by atoms with Crippen molar-refractivity contribution in [2.24, 2.45) is 0 Å². The Balaban J connectivity index is 2.42.